The number of ether oxygens (including phenoxy) is 1. The Balaban J connectivity index is 2.44. The van der Waals surface area contributed by atoms with Crippen LogP contribution in [-0.4, -0.2) is 0 Å². The summed E-state index contributed by atoms with van der Waals surface area (Å²) in [5.41, 5.74) is 0.460. The van der Waals surface area contributed by atoms with Crippen LogP contribution >= 0.6 is 0 Å². The molecule has 1 unspecified atom stereocenters. The van der Waals surface area contributed by atoms with Crippen molar-refractivity contribution in [2.45, 2.75) is 26.0 Å². The van der Waals surface area contributed by atoms with Gasteiger partial charge in [0.05, 0.1) is 5.39 Å². The first-order chi connectivity index (χ1) is 7.65. The number of hydrogen-bond donors (Lipinski definition) is 0. The van der Waals surface area contributed by atoms with Gasteiger partial charge in [0.25, 0.3) is 5.52 Å². The molecule has 0 saturated heterocycles. The lowest BCUT2D eigenvalue weighted by Crippen LogP contribution is -2.53. The monoisotopic (exact) mass is 218 g/mol. The van der Waals surface area contributed by atoms with Crippen molar-refractivity contribution in [3.05, 3.63) is 36.3 Å². The first-order valence-electron chi connectivity index (χ1n) is 5.48. The lowest BCUT2D eigenvalue weighted by atomic mass is 10.1. The Morgan fingerprint density at radius 2 is 2.19 bits per heavy atom. The van der Waals surface area contributed by atoms with Crippen LogP contribution in [0, 0.1) is 5.82 Å². The SMILES string of the molecule is CCC1(C)Oc2ccc(F)c3ccc[n+]1c23. The van der Waals surface area contributed by atoms with Gasteiger partial charge in [-0.05, 0) is 18.2 Å². The number of aromatic nitrogens is 1. The minimum atomic E-state index is -0.393. The van der Waals surface area contributed by atoms with Crippen LogP contribution in [0.1, 0.15) is 20.3 Å². The zero-order valence-electron chi connectivity index (χ0n) is 9.33. The van der Waals surface area contributed by atoms with E-state index in [0.29, 0.717) is 5.39 Å². The largest absolute Gasteiger partial charge is 0.424 e. The third-order valence-electron chi connectivity index (χ3n) is 3.36. The molecule has 0 saturated carbocycles. The van der Waals surface area contributed by atoms with Crippen LogP contribution in [-0.2, 0) is 5.72 Å². The van der Waals surface area contributed by atoms with Gasteiger partial charge in [0, 0.05) is 19.4 Å². The normalized spacial score (nSPS) is 22.4. The number of halogens is 1. The van der Waals surface area contributed by atoms with Gasteiger partial charge in [-0.2, -0.15) is 4.57 Å². The maximum Gasteiger partial charge on any atom is 0.308 e. The Kier molecular flexibility index (Phi) is 1.76. The molecule has 2 aromatic rings. The summed E-state index contributed by atoms with van der Waals surface area (Å²) in [5, 5.41) is 0.622. The summed E-state index contributed by atoms with van der Waals surface area (Å²) in [6, 6.07) is 6.81. The Morgan fingerprint density at radius 3 is 2.94 bits per heavy atom. The van der Waals surface area contributed by atoms with Crippen molar-refractivity contribution < 1.29 is 13.7 Å². The fourth-order valence-electron chi connectivity index (χ4n) is 2.28. The molecule has 2 nitrogen and oxygen atoms in total. The van der Waals surface area contributed by atoms with Crippen molar-refractivity contribution >= 4 is 10.9 Å². The lowest BCUT2D eigenvalue weighted by molar-refractivity contribution is -0.763. The maximum absolute atomic E-state index is 13.7. The number of benzene rings is 1. The first kappa shape index (κ1) is 9.58. The molecular weight excluding hydrogens is 205 g/mol. The van der Waals surface area contributed by atoms with E-state index in [9.17, 15) is 4.39 Å². The minimum Gasteiger partial charge on any atom is -0.424 e. The van der Waals surface area contributed by atoms with Gasteiger partial charge in [-0.25, -0.2) is 4.39 Å². The van der Waals surface area contributed by atoms with Gasteiger partial charge < -0.3 is 4.74 Å². The van der Waals surface area contributed by atoms with Gasteiger partial charge in [-0.1, -0.05) is 6.92 Å². The first-order valence-corrected chi connectivity index (χ1v) is 5.48. The fourth-order valence-corrected chi connectivity index (χ4v) is 2.28. The van der Waals surface area contributed by atoms with E-state index in [0.717, 1.165) is 17.7 Å². The molecule has 0 bridgehead atoms. The van der Waals surface area contributed by atoms with Gasteiger partial charge in [-0.3, -0.25) is 0 Å². The second-order valence-electron chi connectivity index (χ2n) is 4.32. The Morgan fingerprint density at radius 1 is 1.38 bits per heavy atom. The Bertz CT molecular complexity index is 581. The van der Waals surface area contributed by atoms with Crippen molar-refractivity contribution in [1.82, 2.24) is 0 Å². The van der Waals surface area contributed by atoms with Crippen LogP contribution in [0.5, 0.6) is 5.75 Å². The number of nitrogens with zero attached hydrogens (tertiary/aromatic N) is 1. The second-order valence-corrected chi connectivity index (χ2v) is 4.32. The molecule has 3 rings (SSSR count). The topological polar surface area (TPSA) is 13.1 Å². The van der Waals surface area contributed by atoms with Gasteiger partial charge in [0.2, 0.25) is 0 Å². The molecule has 0 radical (unpaired) electrons. The van der Waals surface area contributed by atoms with Crippen LogP contribution in [0.3, 0.4) is 0 Å². The van der Waals surface area contributed by atoms with E-state index in [1.165, 1.54) is 6.07 Å². The predicted octanol–water partition coefficient (Wildman–Crippen LogP) is 2.74. The highest BCUT2D eigenvalue weighted by Crippen LogP contribution is 2.35. The highest BCUT2D eigenvalue weighted by molar-refractivity contribution is 5.82. The van der Waals surface area contributed by atoms with Crippen LogP contribution < -0.4 is 9.30 Å². The van der Waals surface area contributed by atoms with Crippen molar-refractivity contribution in [1.29, 1.82) is 0 Å². The smallest absolute Gasteiger partial charge is 0.308 e. The zero-order valence-corrected chi connectivity index (χ0v) is 9.33. The molecule has 82 valence electrons. The number of hydrogen-bond acceptors (Lipinski definition) is 1. The molecular formula is C13H13FNO+. The molecule has 0 amide bonds. The van der Waals surface area contributed by atoms with Crippen LogP contribution in [0.15, 0.2) is 30.5 Å². The summed E-state index contributed by atoms with van der Waals surface area (Å²) in [5.74, 6) is 0.568. The van der Waals surface area contributed by atoms with Gasteiger partial charge >= 0.3 is 5.72 Å². The van der Waals surface area contributed by atoms with E-state index in [2.05, 4.69) is 6.92 Å². The molecule has 1 atom stereocenters. The van der Waals surface area contributed by atoms with E-state index < -0.39 is 5.72 Å². The van der Waals surface area contributed by atoms with Crippen molar-refractivity contribution in [3.8, 4) is 5.75 Å². The molecule has 0 fully saturated rings. The highest BCUT2D eigenvalue weighted by atomic mass is 19.1. The molecule has 16 heavy (non-hydrogen) atoms. The quantitative estimate of drug-likeness (QED) is 0.671. The summed E-state index contributed by atoms with van der Waals surface area (Å²) < 4.78 is 21.6. The molecule has 2 heterocycles. The number of rotatable bonds is 1. The average molecular weight is 218 g/mol. The van der Waals surface area contributed by atoms with Crippen molar-refractivity contribution in [2.75, 3.05) is 0 Å². The Hall–Kier alpha value is -1.64. The zero-order chi connectivity index (χ0) is 11.3. The van der Waals surface area contributed by atoms with E-state index in [-0.39, 0.29) is 5.82 Å². The van der Waals surface area contributed by atoms with E-state index in [4.69, 9.17) is 4.74 Å². The maximum atomic E-state index is 13.7. The molecule has 0 spiro atoms. The fraction of sp³-hybridized carbons (Fsp3) is 0.308. The van der Waals surface area contributed by atoms with E-state index in [1.54, 1.807) is 12.1 Å². The van der Waals surface area contributed by atoms with Gasteiger partial charge in [0.1, 0.15) is 5.82 Å². The molecule has 1 aliphatic heterocycles. The molecule has 1 aromatic carbocycles. The Labute approximate surface area is 93.3 Å². The second kappa shape index (κ2) is 2.94. The third kappa shape index (κ3) is 1.03. The predicted molar refractivity (Wildman–Crippen MR) is 58.7 cm³/mol. The standard InChI is InChI=1S/C13H13FNO/c1-3-13(2)15-8-4-5-9-10(14)6-7-11(16-13)12(9)15/h4-8H,3H2,1-2H3/q+1. The van der Waals surface area contributed by atoms with Gasteiger partial charge in [-0.15, -0.1) is 0 Å². The van der Waals surface area contributed by atoms with Crippen LogP contribution in [0.25, 0.3) is 10.9 Å². The summed E-state index contributed by atoms with van der Waals surface area (Å²) >= 11 is 0. The molecule has 3 heteroatoms. The third-order valence-corrected chi connectivity index (χ3v) is 3.36. The molecule has 0 N–H and O–H groups in total. The highest BCUT2D eigenvalue weighted by Gasteiger charge is 2.44. The molecule has 1 aliphatic rings. The van der Waals surface area contributed by atoms with Crippen LogP contribution in [0.4, 0.5) is 4.39 Å². The van der Waals surface area contributed by atoms with E-state index in [1.807, 2.05) is 23.8 Å². The lowest BCUT2D eigenvalue weighted by Gasteiger charge is -2.16. The van der Waals surface area contributed by atoms with Crippen molar-refractivity contribution in [3.63, 3.8) is 0 Å². The minimum absolute atomic E-state index is 0.197. The number of pyridine rings is 1. The molecule has 1 aromatic heterocycles. The van der Waals surface area contributed by atoms with Crippen LogP contribution in [0.2, 0.25) is 0 Å². The van der Waals surface area contributed by atoms with Gasteiger partial charge in [0.15, 0.2) is 11.9 Å². The summed E-state index contributed by atoms with van der Waals surface area (Å²) in [4.78, 5) is 0. The summed E-state index contributed by atoms with van der Waals surface area (Å²) in [6.45, 7) is 4.08. The van der Waals surface area contributed by atoms with E-state index >= 15 is 0 Å². The summed E-state index contributed by atoms with van der Waals surface area (Å²) in [7, 11) is 0. The average Bonchev–Trinajstić information content (AvgIpc) is 2.60. The van der Waals surface area contributed by atoms with Crippen molar-refractivity contribution in [2.24, 2.45) is 0 Å². The summed E-state index contributed by atoms with van der Waals surface area (Å²) in [6.07, 6.45) is 2.79. The molecule has 0 aliphatic carbocycles.